The van der Waals surface area contributed by atoms with Gasteiger partial charge in [-0.25, -0.2) is 4.98 Å². The molecule has 4 aromatic rings. The van der Waals surface area contributed by atoms with Crippen molar-refractivity contribution >= 4 is 27.9 Å². The smallest absolute Gasteiger partial charge is 0.187 e. The number of Topliss-reactive ketones (excluding diaryl/α,β-unsaturated/α-hetero) is 1. The lowest BCUT2D eigenvalue weighted by Gasteiger charge is -2.32. The highest BCUT2D eigenvalue weighted by molar-refractivity contribution is 7.14. The maximum atomic E-state index is 13.0. The minimum absolute atomic E-state index is 0.129. The quantitative estimate of drug-likeness (QED) is 0.328. The Morgan fingerprint density at radius 2 is 1.81 bits per heavy atom. The average Bonchev–Trinajstić information content (AvgIpc) is 3.37. The highest BCUT2D eigenvalue weighted by atomic mass is 32.1. The zero-order valence-electron chi connectivity index (χ0n) is 20.8. The van der Waals surface area contributed by atoms with Gasteiger partial charge in [-0.05, 0) is 48.9 Å². The normalized spacial score (nSPS) is 14.6. The fourth-order valence-corrected chi connectivity index (χ4v) is 5.09. The number of piperazine rings is 1. The molecule has 5 rings (SSSR count). The van der Waals surface area contributed by atoms with Crippen molar-refractivity contribution in [3.8, 4) is 11.3 Å². The highest BCUT2D eigenvalue weighted by Gasteiger charge is 2.15. The van der Waals surface area contributed by atoms with Crippen LogP contribution in [0, 0.1) is 6.92 Å². The van der Waals surface area contributed by atoms with Crippen molar-refractivity contribution < 1.29 is 4.79 Å². The molecule has 0 aliphatic carbocycles. The SMILES string of the molecule is Cc1ccc(CC(=O)c2ccc(CN3CCN(C)CC3)cc2)cc1Nc1nc(-c2cccnc2)cs1. The van der Waals surface area contributed by atoms with Crippen LogP contribution in [0.1, 0.15) is 27.0 Å². The monoisotopic (exact) mass is 497 g/mol. The van der Waals surface area contributed by atoms with Crippen LogP contribution in [0.2, 0.25) is 0 Å². The van der Waals surface area contributed by atoms with Crippen LogP contribution < -0.4 is 5.32 Å². The minimum Gasteiger partial charge on any atom is -0.331 e. The second-order valence-electron chi connectivity index (χ2n) is 9.43. The first-order valence-electron chi connectivity index (χ1n) is 12.3. The highest BCUT2D eigenvalue weighted by Crippen LogP contribution is 2.28. The maximum absolute atomic E-state index is 13.0. The van der Waals surface area contributed by atoms with Gasteiger partial charge >= 0.3 is 0 Å². The second kappa shape index (κ2) is 11.1. The van der Waals surface area contributed by atoms with E-state index in [0.717, 1.165) is 71.5 Å². The van der Waals surface area contributed by atoms with E-state index in [4.69, 9.17) is 4.98 Å². The molecule has 3 heterocycles. The molecule has 2 aromatic carbocycles. The van der Waals surface area contributed by atoms with Crippen LogP contribution in [0.5, 0.6) is 0 Å². The number of hydrogen-bond acceptors (Lipinski definition) is 7. The topological polar surface area (TPSA) is 61.4 Å². The van der Waals surface area contributed by atoms with E-state index in [2.05, 4.69) is 58.3 Å². The summed E-state index contributed by atoms with van der Waals surface area (Å²) in [5, 5.41) is 6.27. The molecule has 1 fully saturated rings. The number of carbonyl (C=O) groups excluding carboxylic acids is 1. The van der Waals surface area contributed by atoms with Crippen LogP contribution in [0.25, 0.3) is 11.3 Å². The summed E-state index contributed by atoms with van der Waals surface area (Å²) < 4.78 is 0. The van der Waals surface area contributed by atoms with Crippen molar-refractivity contribution in [2.45, 2.75) is 19.9 Å². The number of ketones is 1. The molecule has 0 bridgehead atoms. The van der Waals surface area contributed by atoms with Crippen LogP contribution in [-0.2, 0) is 13.0 Å². The van der Waals surface area contributed by atoms with Gasteiger partial charge in [-0.1, -0.05) is 36.4 Å². The Labute approximate surface area is 216 Å². The molecule has 7 heteroatoms. The van der Waals surface area contributed by atoms with Crippen molar-refractivity contribution in [1.29, 1.82) is 0 Å². The van der Waals surface area contributed by atoms with Gasteiger partial charge in [0.1, 0.15) is 0 Å². The molecule has 0 radical (unpaired) electrons. The molecule has 0 unspecified atom stereocenters. The number of aromatic nitrogens is 2. The molecule has 0 saturated carbocycles. The molecular formula is C29H31N5OS. The Kier molecular flexibility index (Phi) is 7.51. The summed E-state index contributed by atoms with van der Waals surface area (Å²) in [7, 11) is 2.17. The first kappa shape index (κ1) is 24.3. The van der Waals surface area contributed by atoms with Gasteiger partial charge in [-0.2, -0.15) is 0 Å². The number of thiazole rings is 1. The van der Waals surface area contributed by atoms with Gasteiger partial charge < -0.3 is 10.2 Å². The number of pyridine rings is 1. The van der Waals surface area contributed by atoms with E-state index >= 15 is 0 Å². The van der Waals surface area contributed by atoms with E-state index in [1.807, 2.05) is 41.9 Å². The van der Waals surface area contributed by atoms with Gasteiger partial charge in [0.05, 0.1) is 5.69 Å². The summed E-state index contributed by atoms with van der Waals surface area (Å²) >= 11 is 1.56. The van der Waals surface area contributed by atoms with E-state index in [-0.39, 0.29) is 5.78 Å². The number of nitrogens with one attached hydrogen (secondary N) is 1. The summed E-state index contributed by atoms with van der Waals surface area (Å²) in [6.07, 6.45) is 3.94. The van der Waals surface area contributed by atoms with Gasteiger partial charge in [0.15, 0.2) is 10.9 Å². The van der Waals surface area contributed by atoms with Crippen LogP contribution in [-0.4, -0.2) is 58.8 Å². The van der Waals surface area contributed by atoms with Crippen LogP contribution in [0.15, 0.2) is 72.4 Å². The van der Waals surface area contributed by atoms with Crippen molar-refractivity contribution in [3.05, 3.63) is 94.6 Å². The molecule has 1 saturated heterocycles. The van der Waals surface area contributed by atoms with Crippen molar-refractivity contribution in [3.63, 3.8) is 0 Å². The zero-order chi connectivity index (χ0) is 24.9. The van der Waals surface area contributed by atoms with Crippen LogP contribution in [0.3, 0.4) is 0 Å². The average molecular weight is 498 g/mol. The Morgan fingerprint density at radius 3 is 2.56 bits per heavy atom. The number of likely N-dealkylation sites (N-methyl/N-ethyl adjacent to an activating group) is 1. The molecule has 6 nitrogen and oxygen atoms in total. The van der Waals surface area contributed by atoms with Crippen LogP contribution in [0.4, 0.5) is 10.8 Å². The zero-order valence-corrected chi connectivity index (χ0v) is 21.6. The molecule has 184 valence electrons. The predicted octanol–water partition coefficient (Wildman–Crippen LogP) is 5.43. The van der Waals surface area contributed by atoms with Crippen LogP contribution >= 0.6 is 11.3 Å². The number of nitrogens with zero attached hydrogens (tertiary/aromatic N) is 4. The molecule has 0 spiro atoms. The number of carbonyl (C=O) groups is 1. The third-order valence-electron chi connectivity index (χ3n) is 6.65. The second-order valence-corrected chi connectivity index (χ2v) is 10.3. The Bertz CT molecular complexity index is 1310. The molecular weight excluding hydrogens is 466 g/mol. The minimum atomic E-state index is 0.129. The van der Waals surface area contributed by atoms with Crippen molar-refractivity contribution in [2.75, 3.05) is 38.5 Å². The Balaban J connectivity index is 1.22. The molecule has 0 amide bonds. The third-order valence-corrected chi connectivity index (χ3v) is 7.41. The van der Waals surface area contributed by atoms with Gasteiger partial charge in [0, 0.05) is 73.7 Å². The lowest BCUT2D eigenvalue weighted by molar-refractivity contribution is 0.0993. The fraction of sp³-hybridized carbons (Fsp3) is 0.276. The molecule has 1 aliphatic heterocycles. The van der Waals surface area contributed by atoms with Crippen molar-refractivity contribution in [2.24, 2.45) is 0 Å². The fourth-order valence-electron chi connectivity index (χ4n) is 4.35. The first-order chi connectivity index (χ1) is 17.5. The van der Waals surface area contributed by atoms with E-state index < -0.39 is 0 Å². The summed E-state index contributed by atoms with van der Waals surface area (Å²) in [6.45, 7) is 7.40. The first-order valence-corrected chi connectivity index (χ1v) is 13.2. The maximum Gasteiger partial charge on any atom is 0.187 e. The Hall–Kier alpha value is -3.39. The van der Waals surface area contributed by atoms with E-state index in [1.165, 1.54) is 5.56 Å². The largest absolute Gasteiger partial charge is 0.331 e. The number of hydrogen-bond donors (Lipinski definition) is 1. The van der Waals surface area contributed by atoms with Gasteiger partial charge in [-0.3, -0.25) is 14.7 Å². The van der Waals surface area contributed by atoms with Gasteiger partial charge in [-0.15, -0.1) is 11.3 Å². The number of aryl methyl sites for hydroxylation is 1. The number of rotatable bonds is 8. The summed E-state index contributed by atoms with van der Waals surface area (Å²) in [6, 6.07) is 18.2. The standard InChI is InChI=1S/C29H31N5OS/c1-21-5-6-23(16-26(21)31-29-32-27(20-36-29)25-4-3-11-30-18-25)17-28(35)24-9-7-22(8-10-24)19-34-14-12-33(2)13-15-34/h3-11,16,18,20H,12-15,17,19H2,1-2H3,(H,31,32). The van der Waals surface area contributed by atoms with E-state index in [1.54, 1.807) is 17.5 Å². The van der Waals surface area contributed by atoms with Gasteiger partial charge in [0.25, 0.3) is 0 Å². The van der Waals surface area contributed by atoms with E-state index in [9.17, 15) is 4.79 Å². The molecule has 36 heavy (non-hydrogen) atoms. The number of anilines is 2. The van der Waals surface area contributed by atoms with Crippen molar-refractivity contribution in [1.82, 2.24) is 19.8 Å². The lowest BCUT2D eigenvalue weighted by Crippen LogP contribution is -2.43. The summed E-state index contributed by atoms with van der Waals surface area (Å²) in [5.41, 5.74) is 6.97. The molecule has 2 aromatic heterocycles. The Morgan fingerprint density at radius 1 is 1.03 bits per heavy atom. The lowest BCUT2D eigenvalue weighted by atomic mass is 10.00. The molecule has 1 N–H and O–H groups in total. The molecule has 0 atom stereocenters. The van der Waals surface area contributed by atoms with Gasteiger partial charge in [0.2, 0.25) is 0 Å². The summed E-state index contributed by atoms with van der Waals surface area (Å²) in [4.78, 5) is 26.7. The molecule has 1 aliphatic rings. The van der Waals surface area contributed by atoms with E-state index in [0.29, 0.717) is 6.42 Å². The predicted molar refractivity (Wildman–Crippen MR) is 147 cm³/mol. The number of benzene rings is 2. The third kappa shape index (κ3) is 6.05. The summed E-state index contributed by atoms with van der Waals surface area (Å²) in [5.74, 6) is 0.129.